The van der Waals surface area contributed by atoms with Crippen molar-refractivity contribution in [1.29, 1.82) is 0 Å². The van der Waals surface area contributed by atoms with E-state index >= 15 is 0 Å². The third-order valence-corrected chi connectivity index (χ3v) is 6.22. The predicted octanol–water partition coefficient (Wildman–Crippen LogP) is 3.63. The summed E-state index contributed by atoms with van der Waals surface area (Å²) in [5, 5.41) is 6.67. The molecule has 4 rings (SSSR count). The molecule has 0 spiro atoms. The SMILES string of the molecule is Cc1ncc2c(c1CNC(=O)[C@H](c1ccccc1)C1CCCC1)CCNC2. The lowest BCUT2D eigenvalue weighted by molar-refractivity contribution is -0.123. The zero-order valence-electron chi connectivity index (χ0n) is 16.1. The van der Waals surface area contributed by atoms with Crippen LogP contribution in [-0.2, 0) is 24.3 Å². The summed E-state index contributed by atoms with van der Waals surface area (Å²) < 4.78 is 0. The number of benzene rings is 1. The largest absolute Gasteiger partial charge is 0.351 e. The van der Waals surface area contributed by atoms with Crippen molar-refractivity contribution in [3.63, 3.8) is 0 Å². The maximum absolute atomic E-state index is 13.2. The van der Waals surface area contributed by atoms with E-state index in [1.165, 1.54) is 29.5 Å². The molecule has 1 aliphatic heterocycles. The van der Waals surface area contributed by atoms with Crippen molar-refractivity contribution < 1.29 is 4.79 Å². The summed E-state index contributed by atoms with van der Waals surface area (Å²) >= 11 is 0. The van der Waals surface area contributed by atoms with E-state index in [-0.39, 0.29) is 11.8 Å². The van der Waals surface area contributed by atoms with Gasteiger partial charge in [0.15, 0.2) is 0 Å². The number of amides is 1. The molecule has 0 unspecified atom stereocenters. The van der Waals surface area contributed by atoms with Gasteiger partial charge < -0.3 is 10.6 Å². The molecule has 2 heterocycles. The second-order valence-corrected chi connectivity index (χ2v) is 7.90. The Labute approximate surface area is 161 Å². The van der Waals surface area contributed by atoms with Crippen molar-refractivity contribution in [3.8, 4) is 0 Å². The molecule has 4 nitrogen and oxygen atoms in total. The number of pyridine rings is 1. The summed E-state index contributed by atoms with van der Waals surface area (Å²) in [5.74, 6) is 0.586. The van der Waals surface area contributed by atoms with E-state index in [1.54, 1.807) is 0 Å². The zero-order valence-corrected chi connectivity index (χ0v) is 16.1. The number of aryl methyl sites for hydroxylation is 1. The summed E-state index contributed by atoms with van der Waals surface area (Å²) in [5.41, 5.74) is 6.04. The van der Waals surface area contributed by atoms with E-state index in [4.69, 9.17) is 0 Å². The highest BCUT2D eigenvalue weighted by molar-refractivity contribution is 5.84. The molecule has 1 amide bonds. The molecule has 2 aromatic rings. The Morgan fingerprint density at radius 3 is 2.81 bits per heavy atom. The van der Waals surface area contributed by atoms with Crippen LogP contribution in [0.15, 0.2) is 36.5 Å². The van der Waals surface area contributed by atoms with E-state index in [2.05, 4.69) is 34.7 Å². The number of nitrogens with one attached hydrogen (secondary N) is 2. The van der Waals surface area contributed by atoms with Crippen LogP contribution in [0.25, 0.3) is 0 Å². The highest BCUT2D eigenvalue weighted by Gasteiger charge is 2.32. The number of rotatable bonds is 5. The van der Waals surface area contributed by atoms with Gasteiger partial charge in [-0.3, -0.25) is 9.78 Å². The highest BCUT2D eigenvalue weighted by atomic mass is 16.1. The van der Waals surface area contributed by atoms with Crippen molar-refractivity contribution in [2.45, 2.75) is 58.0 Å². The van der Waals surface area contributed by atoms with Crippen molar-refractivity contribution >= 4 is 5.91 Å². The van der Waals surface area contributed by atoms with Gasteiger partial charge in [-0.15, -0.1) is 0 Å². The first-order chi connectivity index (χ1) is 13.2. The van der Waals surface area contributed by atoms with Gasteiger partial charge in [-0.05, 0) is 60.9 Å². The van der Waals surface area contributed by atoms with Crippen LogP contribution >= 0.6 is 0 Å². The Bertz CT molecular complexity index is 797. The average molecular weight is 364 g/mol. The van der Waals surface area contributed by atoms with Crippen molar-refractivity contribution in [1.82, 2.24) is 15.6 Å². The number of fused-ring (bicyclic) bond motifs is 1. The number of hydrogen-bond acceptors (Lipinski definition) is 3. The predicted molar refractivity (Wildman–Crippen MR) is 107 cm³/mol. The van der Waals surface area contributed by atoms with Gasteiger partial charge in [0.05, 0.1) is 5.92 Å². The summed E-state index contributed by atoms with van der Waals surface area (Å²) in [6.07, 6.45) is 7.77. The number of carbonyl (C=O) groups is 1. The van der Waals surface area contributed by atoms with Crippen molar-refractivity contribution in [2.24, 2.45) is 5.92 Å². The lowest BCUT2D eigenvalue weighted by Gasteiger charge is -2.25. The Kier molecular flexibility index (Phi) is 5.53. The molecule has 1 saturated carbocycles. The minimum atomic E-state index is -0.0387. The molecule has 1 atom stereocenters. The molecule has 1 fully saturated rings. The Hall–Kier alpha value is -2.20. The van der Waals surface area contributed by atoms with Gasteiger partial charge in [0.2, 0.25) is 5.91 Å². The van der Waals surface area contributed by atoms with Gasteiger partial charge in [-0.25, -0.2) is 0 Å². The smallest absolute Gasteiger partial charge is 0.228 e. The van der Waals surface area contributed by atoms with Gasteiger partial charge in [0, 0.05) is 25.0 Å². The summed E-state index contributed by atoms with van der Waals surface area (Å²) in [6, 6.07) is 10.3. The first-order valence-corrected chi connectivity index (χ1v) is 10.2. The monoisotopic (exact) mass is 363 g/mol. The first kappa shape index (κ1) is 18.2. The normalized spacial score (nSPS) is 18.1. The fourth-order valence-corrected chi connectivity index (χ4v) is 4.75. The van der Waals surface area contributed by atoms with Crippen molar-refractivity contribution in [3.05, 3.63) is 64.5 Å². The van der Waals surface area contributed by atoms with Gasteiger partial charge in [-0.1, -0.05) is 43.2 Å². The second kappa shape index (κ2) is 8.22. The lowest BCUT2D eigenvalue weighted by Crippen LogP contribution is -2.34. The Morgan fingerprint density at radius 2 is 2.04 bits per heavy atom. The molecule has 0 bridgehead atoms. The highest BCUT2D eigenvalue weighted by Crippen LogP contribution is 2.37. The molecule has 0 saturated heterocycles. The average Bonchev–Trinajstić information content (AvgIpc) is 3.22. The fraction of sp³-hybridized carbons (Fsp3) is 0.478. The van der Waals surface area contributed by atoms with Crippen LogP contribution in [0, 0.1) is 12.8 Å². The van der Waals surface area contributed by atoms with Crippen LogP contribution in [0.4, 0.5) is 0 Å². The van der Waals surface area contributed by atoms with Crippen LogP contribution in [0.1, 0.15) is 59.5 Å². The summed E-state index contributed by atoms with van der Waals surface area (Å²) in [6.45, 7) is 4.50. The third-order valence-electron chi connectivity index (χ3n) is 6.22. The zero-order chi connectivity index (χ0) is 18.6. The van der Waals surface area contributed by atoms with Crippen LogP contribution in [0.3, 0.4) is 0 Å². The number of hydrogen-bond donors (Lipinski definition) is 2. The molecule has 1 aromatic heterocycles. The maximum atomic E-state index is 13.2. The Balaban J connectivity index is 1.54. The molecule has 1 aliphatic carbocycles. The molecule has 142 valence electrons. The van der Waals surface area contributed by atoms with E-state index in [0.29, 0.717) is 12.5 Å². The van der Waals surface area contributed by atoms with Crippen LogP contribution < -0.4 is 10.6 Å². The van der Waals surface area contributed by atoms with Crippen molar-refractivity contribution in [2.75, 3.05) is 6.54 Å². The van der Waals surface area contributed by atoms with Gasteiger partial charge >= 0.3 is 0 Å². The quantitative estimate of drug-likeness (QED) is 0.853. The standard InChI is InChI=1S/C23H29N3O/c1-16-21(20-11-12-24-13-19(20)14-25-16)15-26-23(27)22(18-9-5-6-10-18)17-7-3-2-4-8-17/h2-4,7-8,14,18,22,24H,5-6,9-13,15H2,1H3,(H,26,27)/t22-/m1/s1. The maximum Gasteiger partial charge on any atom is 0.228 e. The molecule has 4 heteroatoms. The fourth-order valence-electron chi connectivity index (χ4n) is 4.75. The van der Waals surface area contributed by atoms with E-state index in [9.17, 15) is 4.79 Å². The number of nitrogens with zero attached hydrogens (tertiary/aromatic N) is 1. The minimum absolute atomic E-state index is 0.0387. The minimum Gasteiger partial charge on any atom is -0.351 e. The van der Waals surface area contributed by atoms with E-state index in [0.717, 1.165) is 43.6 Å². The molecule has 1 aromatic carbocycles. The van der Waals surface area contributed by atoms with Gasteiger partial charge in [0.1, 0.15) is 0 Å². The molecule has 27 heavy (non-hydrogen) atoms. The lowest BCUT2D eigenvalue weighted by atomic mass is 9.84. The van der Waals surface area contributed by atoms with Crippen LogP contribution in [-0.4, -0.2) is 17.4 Å². The first-order valence-electron chi connectivity index (χ1n) is 10.2. The summed E-state index contributed by atoms with van der Waals surface area (Å²) in [7, 11) is 0. The molecule has 2 aliphatic rings. The molecular formula is C23H29N3O. The molecular weight excluding hydrogens is 334 g/mol. The number of aromatic nitrogens is 1. The second-order valence-electron chi connectivity index (χ2n) is 7.90. The third kappa shape index (κ3) is 3.91. The number of carbonyl (C=O) groups excluding carboxylic acids is 1. The molecule has 2 N–H and O–H groups in total. The van der Waals surface area contributed by atoms with E-state index < -0.39 is 0 Å². The van der Waals surface area contributed by atoms with E-state index in [1.807, 2.05) is 24.4 Å². The van der Waals surface area contributed by atoms with Crippen LogP contribution in [0.5, 0.6) is 0 Å². The van der Waals surface area contributed by atoms with Gasteiger partial charge in [0.25, 0.3) is 0 Å². The topological polar surface area (TPSA) is 54.0 Å². The Morgan fingerprint density at radius 1 is 1.26 bits per heavy atom. The summed E-state index contributed by atoms with van der Waals surface area (Å²) in [4.78, 5) is 17.8. The van der Waals surface area contributed by atoms with Gasteiger partial charge in [-0.2, -0.15) is 0 Å². The molecule has 0 radical (unpaired) electrons. The van der Waals surface area contributed by atoms with Crippen LogP contribution in [0.2, 0.25) is 0 Å².